The van der Waals surface area contributed by atoms with Gasteiger partial charge in [-0.15, -0.1) is 0 Å². The number of nitrogens with zero attached hydrogens (tertiary/aromatic N) is 3. The van der Waals surface area contributed by atoms with Crippen molar-refractivity contribution in [3.63, 3.8) is 0 Å². The lowest BCUT2D eigenvalue weighted by Crippen LogP contribution is -2.23. The highest BCUT2D eigenvalue weighted by molar-refractivity contribution is 7.99. The Hall–Kier alpha value is -3.69. The summed E-state index contributed by atoms with van der Waals surface area (Å²) < 4.78 is 1.51. The highest BCUT2D eigenvalue weighted by atomic mass is 35.5. The number of carbonyl (C=O) groups excluding carboxylic acids is 1. The van der Waals surface area contributed by atoms with Gasteiger partial charge >= 0.3 is 0 Å². The number of carbonyl (C=O) groups is 1. The standard InChI is InChI=1S/C24H19ClN4O4S/c1-14-9-15(2)11-17(10-14)28-23(31)18-5-3-4-6-20(18)27-24(28)34-13-22(30)26-21-8-7-16(29(32)33)12-19(21)25/h3-12H,13H2,1-2H3,(H,26,30). The van der Waals surface area contributed by atoms with Crippen LogP contribution in [0.3, 0.4) is 0 Å². The molecule has 1 aromatic heterocycles. The molecule has 0 saturated carbocycles. The van der Waals surface area contributed by atoms with Gasteiger partial charge in [0.15, 0.2) is 5.16 Å². The number of rotatable bonds is 6. The first-order valence-corrected chi connectivity index (χ1v) is 11.6. The Labute approximate surface area is 203 Å². The molecule has 0 unspecified atom stereocenters. The summed E-state index contributed by atoms with van der Waals surface area (Å²) in [6, 6.07) is 16.7. The number of nitro groups is 1. The molecule has 0 fully saturated rings. The number of nitro benzene ring substituents is 1. The van der Waals surface area contributed by atoms with Crippen molar-refractivity contribution in [3.8, 4) is 5.69 Å². The third-order valence-corrected chi connectivity index (χ3v) is 6.23. The maximum absolute atomic E-state index is 13.4. The smallest absolute Gasteiger partial charge is 0.271 e. The third-order valence-electron chi connectivity index (χ3n) is 4.98. The van der Waals surface area contributed by atoms with Crippen LogP contribution in [0.2, 0.25) is 5.02 Å². The average Bonchev–Trinajstić information content (AvgIpc) is 2.78. The zero-order valence-electron chi connectivity index (χ0n) is 18.2. The molecule has 0 atom stereocenters. The molecule has 1 N–H and O–H groups in total. The first-order valence-electron chi connectivity index (χ1n) is 10.2. The number of anilines is 1. The first-order chi connectivity index (χ1) is 16.2. The van der Waals surface area contributed by atoms with E-state index in [1.54, 1.807) is 24.3 Å². The average molecular weight is 495 g/mol. The van der Waals surface area contributed by atoms with Crippen LogP contribution >= 0.6 is 23.4 Å². The molecule has 0 aliphatic heterocycles. The van der Waals surface area contributed by atoms with Crippen LogP contribution in [-0.2, 0) is 4.79 Å². The van der Waals surface area contributed by atoms with Gasteiger partial charge in [-0.05, 0) is 55.3 Å². The monoisotopic (exact) mass is 494 g/mol. The van der Waals surface area contributed by atoms with Gasteiger partial charge in [0.05, 0.1) is 38.0 Å². The number of amides is 1. The van der Waals surface area contributed by atoms with Crippen LogP contribution in [0.4, 0.5) is 11.4 Å². The summed E-state index contributed by atoms with van der Waals surface area (Å²) in [7, 11) is 0. The molecule has 0 saturated heterocycles. The zero-order valence-corrected chi connectivity index (χ0v) is 19.8. The van der Waals surface area contributed by atoms with Gasteiger partial charge in [-0.1, -0.05) is 41.6 Å². The van der Waals surface area contributed by atoms with E-state index in [4.69, 9.17) is 11.6 Å². The van der Waals surface area contributed by atoms with E-state index in [1.807, 2.05) is 32.0 Å². The number of thioether (sulfide) groups is 1. The van der Waals surface area contributed by atoms with Gasteiger partial charge in [0.1, 0.15) is 0 Å². The number of hydrogen-bond acceptors (Lipinski definition) is 6. The minimum absolute atomic E-state index is 0.0527. The Morgan fingerprint density at radius 3 is 2.50 bits per heavy atom. The first kappa shape index (κ1) is 23.5. The highest BCUT2D eigenvalue weighted by Gasteiger charge is 2.16. The number of aromatic nitrogens is 2. The molecular weight excluding hydrogens is 476 g/mol. The summed E-state index contributed by atoms with van der Waals surface area (Å²) in [5, 5.41) is 14.4. The number of benzene rings is 3. The number of hydrogen-bond donors (Lipinski definition) is 1. The molecular formula is C24H19ClN4O4S. The molecule has 172 valence electrons. The second kappa shape index (κ2) is 9.66. The lowest BCUT2D eigenvalue weighted by Gasteiger charge is -2.14. The van der Waals surface area contributed by atoms with Crippen LogP contribution in [-0.4, -0.2) is 26.1 Å². The minimum atomic E-state index is -0.564. The van der Waals surface area contributed by atoms with Crippen LogP contribution in [0.1, 0.15) is 11.1 Å². The number of non-ortho nitro benzene ring substituents is 1. The molecule has 0 aliphatic carbocycles. The second-order valence-corrected chi connectivity index (χ2v) is 9.01. The van der Waals surface area contributed by atoms with E-state index in [-0.39, 0.29) is 27.7 Å². The quantitative estimate of drug-likeness (QED) is 0.169. The molecule has 1 heterocycles. The Morgan fingerprint density at radius 2 is 1.82 bits per heavy atom. The van der Waals surface area contributed by atoms with Crippen molar-refractivity contribution in [2.75, 3.05) is 11.1 Å². The van der Waals surface area contributed by atoms with E-state index in [9.17, 15) is 19.7 Å². The summed E-state index contributed by atoms with van der Waals surface area (Å²) in [4.78, 5) is 41.0. The summed E-state index contributed by atoms with van der Waals surface area (Å²) in [5.41, 5.74) is 3.06. The molecule has 4 aromatic rings. The topological polar surface area (TPSA) is 107 Å². The predicted molar refractivity (Wildman–Crippen MR) is 134 cm³/mol. The Morgan fingerprint density at radius 1 is 1.12 bits per heavy atom. The van der Waals surface area contributed by atoms with Crippen molar-refractivity contribution in [1.82, 2.24) is 9.55 Å². The Bertz CT molecular complexity index is 1480. The van der Waals surface area contributed by atoms with Gasteiger partial charge in [0.25, 0.3) is 11.2 Å². The van der Waals surface area contributed by atoms with Crippen LogP contribution in [0.25, 0.3) is 16.6 Å². The summed E-state index contributed by atoms with van der Waals surface area (Å²) >= 11 is 7.18. The van der Waals surface area contributed by atoms with Crippen molar-refractivity contribution in [2.24, 2.45) is 0 Å². The minimum Gasteiger partial charge on any atom is -0.324 e. The highest BCUT2D eigenvalue weighted by Crippen LogP contribution is 2.27. The van der Waals surface area contributed by atoms with Crippen LogP contribution in [0.15, 0.2) is 70.6 Å². The number of halogens is 1. The largest absolute Gasteiger partial charge is 0.324 e. The number of para-hydroxylation sites is 1. The fourth-order valence-electron chi connectivity index (χ4n) is 3.55. The van der Waals surface area contributed by atoms with Gasteiger partial charge in [-0.25, -0.2) is 4.98 Å². The van der Waals surface area contributed by atoms with Crippen LogP contribution < -0.4 is 10.9 Å². The van der Waals surface area contributed by atoms with Gasteiger partial charge < -0.3 is 5.32 Å². The lowest BCUT2D eigenvalue weighted by molar-refractivity contribution is -0.384. The van der Waals surface area contributed by atoms with Crippen LogP contribution in [0.5, 0.6) is 0 Å². The molecule has 0 spiro atoms. The van der Waals surface area contributed by atoms with E-state index in [2.05, 4.69) is 10.3 Å². The maximum Gasteiger partial charge on any atom is 0.271 e. The predicted octanol–water partition coefficient (Wildman–Crippen LogP) is 5.29. The van der Waals surface area contributed by atoms with Crippen molar-refractivity contribution < 1.29 is 9.72 Å². The molecule has 0 radical (unpaired) electrons. The van der Waals surface area contributed by atoms with Gasteiger partial charge in [0, 0.05) is 12.1 Å². The Kier molecular flexibility index (Phi) is 6.67. The van der Waals surface area contributed by atoms with Crippen molar-refractivity contribution in [3.05, 3.63) is 97.3 Å². The van der Waals surface area contributed by atoms with Crippen molar-refractivity contribution in [1.29, 1.82) is 0 Å². The number of nitrogens with one attached hydrogen (secondary N) is 1. The van der Waals surface area contributed by atoms with Crippen molar-refractivity contribution in [2.45, 2.75) is 19.0 Å². The number of aryl methyl sites for hydroxylation is 2. The summed E-state index contributed by atoms with van der Waals surface area (Å²) in [6.45, 7) is 3.90. The molecule has 4 rings (SSSR count). The van der Waals surface area contributed by atoms with E-state index >= 15 is 0 Å². The molecule has 10 heteroatoms. The van der Waals surface area contributed by atoms with Gasteiger partial charge in [-0.2, -0.15) is 0 Å². The zero-order chi connectivity index (χ0) is 24.4. The van der Waals surface area contributed by atoms with E-state index in [1.165, 1.54) is 22.8 Å². The SMILES string of the molecule is Cc1cc(C)cc(-n2c(SCC(=O)Nc3ccc([N+](=O)[O-])cc3Cl)nc3ccccc3c2=O)c1. The molecule has 0 bridgehead atoms. The third kappa shape index (κ3) is 4.95. The molecule has 1 amide bonds. The van der Waals surface area contributed by atoms with E-state index in [0.29, 0.717) is 21.7 Å². The molecule has 34 heavy (non-hydrogen) atoms. The number of fused-ring (bicyclic) bond motifs is 1. The summed E-state index contributed by atoms with van der Waals surface area (Å²) in [5.74, 6) is -0.446. The maximum atomic E-state index is 13.4. The van der Waals surface area contributed by atoms with E-state index in [0.717, 1.165) is 22.9 Å². The van der Waals surface area contributed by atoms with Crippen molar-refractivity contribution >= 4 is 51.5 Å². The molecule has 0 aliphatic rings. The Balaban J connectivity index is 1.66. The van der Waals surface area contributed by atoms with E-state index < -0.39 is 10.8 Å². The fourth-order valence-corrected chi connectivity index (χ4v) is 4.59. The fraction of sp³-hybridized carbons (Fsp3) is 0.125. The lowest BCUT2D eigenvalue weighted by atomic mass is 10.1. The summed E-state index contributed by atoms with van der Waals surface area (Å²) in [6.07, 6.45) is 0. The van der Waals surface area contributed by atoms with Gasteiger partial charge in [-0.3, -0.25) is 24.3 Å². The second-order valence-electron chi connectivity index (χ2n) is 7.66. The molecule has 3 aromatic carbocycles. The normalized spacial score (nSPS) is 10.9. The van der Waals surface area contributed by atoms with Gasteiger partial charge in [0.2, 0.25) is 5.91 Å². The van der Waals surface area contributed by atoms with Crippen LogP contribution in [0, 0.1) is 24.0 Å². The molecule has 8 nitrogen and oxygen atoms in total.